The number of anilines is 1. The molecule has 0 bridgehead atoms. The Balaban J connectivity index is 1.84. The molecule has 2 N–H and O–H groups in total. The van der Waals surface area contributed by atoms with E-state index in [1.54, 1.807) is 12.1 Å². The van der Waals surface area contributed by atoms with Crippen LogP contribution in [0.3, 0.4) is 0 Å². The second kappa shape index (κ2) is 8.65. The number of benzene rings is 1. The van der Waals surface area contributed by atoms with Gasteiger partial charge in [-0.2, -0.15) is 0 Å². The molecule has 4 rings (SSSR count). The number of carbonyl (C=O) groups is 1. The van der Waals surface area contributed by atoms with E-state index in [0.717, 1.165) is 31.0 Å². The summed E-state index contributed by atoms with van der Waals surface area (Å²) in [5.41, 5.74) is -1.83. The summed E-state index contributed by atoms with van der Waals surface area (Å²) in [4.78, 5) is 33.7. The molecule has 1 aliphatic heterocycles. The highest BCUT2D eigenvalue weighted by atomic mass is 19.1. The molecule has 3 aromatic rings. The first kappa shape index (κ1) is 20.7. The number of aromatic amines is 1. The van der Waals surface area contributed by atoms with E-state index < -0.39 is 46.2 Å². The minimum absolute atomic E-state index is 0.266. The third-order valence-corrected chi connectivity index (χ3v) is 5.04. The molecule has 1 unspecified atom stereocenters. The number of nitrogens with zero attached hydrogens (tertiary/aromatic N) is 2. The molecule has 0 aliphatic carbocycles. The topological polar surface area (TPSA) is 95.5 Å². The Morgan fingerprint density at radius 2 is 1.97 bits per heavy atom. The number of H-pyrrole nitrogens is 1. The van der Waals surface area contributed by atoms with Crippen molar-refractivity contribution in [3.8, 4) is 17.0 Å². The first-order chi connectivity index (χ1) is 15.0. The maximum absolute atomic E-state index is 14.3. The number of pyridine rings is 2. The normalized spacial score (nSPS) is 16.1. The van der Waals surface area contributed by atoms with Gasteiger partial charge in [0.2, 0.25) is 5.43 Å². The SMILES string of the molecule is O=C(c1[nH]c(-c2c(F)cccc2F)cc(=O)c1O)N(c1cccnc1)C1CCCCO1. The van der Waals surface area contributed by atoms with Crippen molar-refractivity contribution >= 4 is 11.6 Å². The summed E-state index contributed by atoms with van der Waals surface area (Å²) in [6.45, 7) is 0.442. The highest BCUT2D eigenvalue weighted by molar-refractivity contribution is 6.07. The number of aromatic nitrogens is 2. The largest absolute Gasteiger partial charge is 0.503 e. The van der Waals surface area contributed by atoms with Crippen LogP contribution in [0.25, 0.3) is 11.3 Å². The average Bonchev–Trinajstić information content (AvgIpc) is 2.77. The zero-order chi connectivity index (χ0) is 22.0. The van der Waals surface area contributed by atoms with Gasteiger partial charge in [0.25, 0.3) is 5.91 Å². The lowest BCUT2D eigenvalue weighted by molar-refractivity contribution is 0.0142. The molecule has 0 saturated carbocycles. The maximum Gasteiger partial charge on any atom is 0.280 e. The smallest absolute Gasteiger partial charge is 0.280 e. The fraction of sp³-hybridized carbons (Fsp3) is 0.227. The van der Waals surface area contributed by atoms with E-state index in [4.69, 9.17) is 4.74 Å². The van der Waals surface area contributed by atoms with Gasteiger partial charge in [0.1, 0.15) is 17.9 Å². The Labute approximate surface area is 175 Å². The molecule has 9 heteroatoms. The van der Waals surface area contributed by atoms with Crippen molar-refractivity contribution in [1.29, 1.82) is 0 Å². The monoisotopic (exact) mass is 427 g/mol. The molecule has 0 radical (unpaired) electrons. The highest BCUT2D eigenvalue weighted by Gasteiger charge is 2.32. The van der Waals surface area contributed by atoms with E-state index in [1.165, 1.54) is 23.4 Å². The fourth-order valence-corrected chi connectivity index (χ4v) is 3.56. The lowest BCUT2D eigenvalue weighted by Crippen LogP contribution is -2.44. The molecule has 160 valence electrons. The molecule has 1 aromatic carbocycles. The molecular formula is C22H19F2N3O4. The molecule has 1 atom stereocenters. The van der Waals surface area contributed by atoms with Crippen LogP contribution in [-0.4, -0.2) is 33.8 Å². The molecule has 7 nitrogen and oxygen atoms in total. The average molecular weight is 427 g/mol. The van der Waals surface area contributed by atoms with E-state index in [-0.39, 0.29) is 5.69 Å². The van der Waals surface area contributed by atoms with Crippen LogP contribution in [0.5, 0.6) is 5.75 Å². The van der Waals surface area contributed by atoms with Crippen LogP contribution >= 0.6 is 0 Å². The van der Waals surface area contributed by atoms with Crippen LogP contribution in [0.2, 0.25) is 0 Å². The first-order valence-corrected chi connectivity index (χ1v) is 9.73. The molecule has 1 fully saturated rings. The van der Waals surface area contributed by atoms with E-state index in [2.05, 4.69) is 9.97 Å². The number of amides is 1. The Morgan fingerprint density at radius 1 is 1.19 bits per heavy atom. The van der Waals surface area contributed by atoms with Crippen molar-refractivity contribution in [3.05, 3.63) is 76.3 Å². The lowest BCUT2D eigenvalue weighted by atomic mass is 10.1. The van der Waals surface area contributed by atoms with Crippen LogP contribution < -0.4 is 10.3 Å². The van der Waals surface area contributed by atoms with Crippen molar-refractivity contribution in [2.45, 2.75) is 25.5 Å². The first-order valence-electron chi connectivity index (χ1n) is 9.73. The summed E-state index contributed by atoms with van der Waals surface area (Å²) < 4.78 is 34.3. The number of hydrogen-bond donors (Lipinski definition) is 2. The fourth-order valence-electron chi connectivity index (χ4n) is 3.56. The van der Waals surface area contributed by atoms with Crippen LogP contribution in [0, 0.1) is 11.6 Å². The molecule has 1 aliphatic rings. The highest BCUT2D eigenvalue weighted by Crippen LogP contribution is 2.29. The maximum atomic E-state index is 14.3. The molecule has 1 saturated heterocycles. The molecule has 2 aromatic heterocycles. The number of ether oxygens (including phenoxy) is 1. The third-order valence-electron chi connectivity index (χ3n) is 5.04. The Kier molecular flexibility index (Phi) is 5.77. The minimum atomic E-state index is -0.949. The predicted octanol–water partition coefficient (Wildman–Crippen LogP) is 3.59. The van der Waals surface area contributed by atoms with Crippen molar-refractivity contribution in [2.75, 3.05) is 11.5 Å². The molecule has 0 spiro atoms. The van der Waals surface area contributed by atoms with Gasteiger partial charge in [-0.1, -0.05) is 6.07 Å². The van der Waals surface area contributed by atoms with Crippen LogP contribution in [-0.2, 0) is 4.74 Å². The summed E-state index contributed by atoms with van der Waals surface area (Å²) in [6, 6.07) is 7.36. The van der Waals surface area contributed by atoms with Gasteiger partial charge in [-0.05, 0) is 43.5 Å². The molecule has 31 heavy (non-hydrogen) atoms. The van der Waals surface area contributed by atoms with Crippen LogP contribution in [0.15, 0.2) is 53.6 Å². The van der Waals surface area contributed by atoms with Gasteiger partial charge in [0, 0.05) is 18.9 Å². The second-order valence-electron chi connectivity index (χ2n) is 7.08. The van der Waals surface area contributed by atoms with Gasteiger partial charge in [-0.25, -0.2) is 8.78 Å². The molecule has 1 amide bonds. The van der Waals surface area contributed by atoms with Gasteiger partial charge in [-0.15, -0.1) is 0 Å². The number of rotatable bonds is 4. The Morgan fingerprint density at radius 3 is 2.61 bits per heavy atom. The minimum Gasteiger partial charge on any atom is -0.503 e. The van der Waals surface area contributed by atoms with E-state index in [0.29, 0.717) is 18.7 Å². The van der Waals surface area contributed by atoms with Gasteiger partial charge in [-0.3, -0.25) is 19.5 Å². The van der Waals surface area contributed by atoms with Crippen molar-refractivity contribution in [1.82, 2.24) is 9.97 Å². The van der Waals surface area contributed by atoms with Gasteiger partial charge >= 0.3 is 0 Å². The predicted molar refractivity (Wildman–Crippen MR) is 109 cm³/mol. The van der Waals surface area contributed by atoms with Crippen molar-refractivity contribution in [2.24, 2.45) is 0 Å². The quantitative estimate of drug-likeness (QED) is 0.664. The van der Waals surface area contributed by atoms with E-state index in [1.807, 2.05) is 0 Å². The Hall–Kier alpha value is -3.59. The van der Waals surface area contributed by atoms with Gasteiger partial charge in [0.05, 0.1) is 23.1 Å². The number of hydrogen-bond acceptors (Lipinski definition) is 5. The number of aromatic hydroxyl groups is 1. The Bertz CT molecular complexity index is 1140. The van der Waals surface area contributed by atoms with Crippen molar-refractivity contribution < 1.29 is 23.4 Å². The summed E-state index contributed by atoms with van der Waals surface area (Å²) in [5, 5.41) is 10.3. The van der Waals surface area contributed by atoms with Crippen LogP contribution in [0.1, 0.15) is 29.8 Å². The van der Waals surface area contributed by atoms with Gasteiger partial charge < -0.3 is 14.8 Å². The third kappa shape index (κ3) is 4.04. The van der Waals surface area contributed by atoms with E-state index >= 15 is 0 Å². The van der Waals surface area contributed by atoms with E-state index in [9.17, 15) is 23.5 Å². The standard InChI is InChI=1S/C22H19F2N3O4/c23-14-6-3-7-15(24)19(14)16-11-17(28)21(29)20(26-16)22(30)27(13-5-4-9-25-12-13)18-8-1-2-10-31-18/h3-7,9,11-12,18,29H,1-2,8,10H2,(H,26,28). The zero-order valence-electron chi connectivity index (χ0n) is 16.3. The molecule has 3 heterocycles. The zero-order valence-corrected chi connectivity index (χ0v) is 16.3. The van der Waals surface area contributed by atoms with Crippen LogP contribution in [0.4, 0.5) is 14.5 Å². The van der Waals surface area contributed by atoms with Gasteiger partial charge in [0.15, 0.2) is 11.4 Å². The summed E-state index contributed by atoms with van der Waals surface area (Å²) in [5.74, 6) is -3.47. The number of halogens is 2. The lowest BCUT2D eigenvalue weighted by Gasteiger charge is -2.34. The van der Waals surface area contributed by atoms with Crippen molar-refractivity contribution in [3.63, 3.8) is 0 Å². The summed E-state index contributed by atoms with van der Waals surface area (Å²) >= 11 is 0. The number of carbonyl (C=O) groups excluding carboxylic acids is 1. The summed E-state index contributed by atoms with van der Waals surface area (Å²) in [7, 11) is 0. The molecular weight excluding hydrogens is 408 g/mol. The second-order valence-corrected chi connectivity index (χ2v) is 7.08. The summed E-state index contributed by atoms with van der Waals surface area (Å²) in [6.07, 6.45) is 4.53. The number of nitrogens with one attached hydrogen (secondary N) is 1.